The van der Waals surface area contributed by atoms with Gasteiger partial charge in [0.05, 0.1) is 6.61 Å². The van der Waals surface area contributed by atoms with E-state index in [0.717, 1.165) is 25.3 Å². The Morgan fingerprint density at radius 1 is 1.11 bits per heavy atom. The van der Waals surface area contributed by atoms with Crippen LogP contribution in [0.4, 0.5) is 0 Å². The van der Waals surface area contributed by atoms with Gasteiger partial charge in [-0.05, 0) is 36.1 Å². The maximum Gasteiger partial charge on any atom is 0.119 e. The highest BCUT2D eigenvalue weighted by Gasteiger charge is 2.25. The van der Waals surface area contributed by atoms with E-state index in [4.69, 9.17) is 4.74 Å². The zero-order valence-electron chi connectivity index (χ0n) is 13.1. The lowest BCUT2D eigenvalue weighted by atomic mass is 9.82. The first kappa shape index (κ1) is 16.0. The molecule has 0 fully saturated rings. The molecule has 0 saturated heterocycles. The minimum absolute atomic E-state index is 0.209. The second-order valence-electron chi connectivity index (χ2n) is 6.13. The van der Waals surface area contributed by atoms with E-state index in [-0.39, 0.29) is 5.41 Å². The molecule has 0 aliphatic carbocycles. The molecule has 1 atom stereocenters. The van der Waals surface area contributed by atoms with Crippen LogP contribution in [0.2, 0.25) is 0 Å². The maximum absolute atomic E-state index is 5.71. The fraction of sp³-hybridized carbons (Fsp3) is 0.647. The van der Waals surface area contributed by atoms with Crippen LogP contribution in [-0.4, -0.2) is 13.2 Å². The number of rotatable bonds is 7. The van der Waals surface area contributed by atoms with E-state index in [1.807, 2.05) is 0 Å². The molecule has 1 aromatic rings. The monoisotopic (exact) mass is 263 g/mol. The molecule has 19 heavy (non-hydrogen) atoms. The van der Waals surface area contributed by atoms with Crippen molar-refractivity contribution in [3.63, 3.8) is 0 Å². The molecule has 0 aliphatic rings. The number of hydrogen-bond acceptors (Lipinski definition) is 2. The quantitative estimate of drug-likeness (QED) is 0.728. The first-order valence-electron chi connectivity index (χ1n) is 7.45. The van der Waals surface area contributed by atoms with Gasteiger partial charge in [0, 0.05) is 6.04 Å². The van der Waals surface area contributed by atoms with Crippen LogP contribution in [0.3, 0.4) is 0 Å². The van der Waals surface area contributed by atoms with Crippen LogP contribution in [0.25, 0.3) is 0 Å². The molecule has 2 heteroatoms. The highest BCUT2D eigenvalue weighted by molar-refractivity contribution is 5.30. The lowest BCUT2D eigenvalue weighted by Gasteiger charge is -2.32. The van der Waals surface area contributed by atoms with Gasteiger partial charge in [0.1, 0.15) is 5.75 Å². The number of ether oxygens (including phenoxy) is 1. The van der Waals surface area contributed by atoms with E-state index in [1.54, 1.807) is 0 Å². The second kappa shape index (κ2) is 7.54. The van der Waals surface area contributed by atoms with Gasteiger partial charge < -0.3 is 10.1 Å². The zero-order valence-corrected chi connectivity index (χ0v) is 13.1. The highest BCUT2D eigenvalue weighted by Crippen LogP contribution is 2.33. The number of hydrogen-bond donors (Lipinski definition) is 1. The van der Waals surface area contributed by atoms with Gasteiger partial charge in [0.15, 0.2) is 0 Å². The molecule has 0 amide bonds. The van der Waals surface area contributed by atoms with Gasteiger partial charge >= 0.3 is 0 Å². The molecule has 1 aromatic carbocycles. The average Bonchev–Trinajstić information content (AvgIpc) is 2.36. The van der Waals surface area contributed by atoms with E-state index >= 15 is 0 Å². The summed E-state index contributed by atoms with van der Waals surface area (Å²) in [5, 5.41) is 3.57. The molecular formula is C17H29NO. The first-order valence-corrected chi connectivity index (χ1v) is 7.45. The largest absolute Gasteiger partial charge is 0.494 e. The van der Waals surface area contributed by atoms with Crippen LogP contribution in [0, 0.1) is 5.41 Å². The van der Waals surface area contributed by atoms with Crippen molar-refractivity contribution in [1.29, 1.82) is 0 Å². The molecule has 0 aliphatic heterocycles. The fourth-order valence-electron chi connectivity index (χ4n) is 2.22. The summed E-state index contributed by atoms with van der Waals surface area (Å²) >= 11 is 0. The molecular weight excluding hydrogens is 234 g/mol. The summed E-state index contributed by atoms with van der Waals surface area (Å²) in [5.41, 5.74) is 1.54. The predicted octanol–water partition coefficient (Wildman–Crippen LogP) is 4.56. The molecule has 1 rings (SSSR count). The summed E-state index contributed by atoms with van der Waals surface area (Å²) < 4.78 is 5.71. The van der Waals surface area contributed by atoms with Gasteiger partial charge in [-0.1, -0.05) is 53.2 Å². The zero-order chi connectivity index (χ0) is 14.3. The van der Waals surface area contributed by atoms with Crippen molar-refractivity contribution in [1.82, 2.24) is 5.32 Å². The van der Waals surface area contributed by atoms with E-state index in [2.05, 4.69) is 64.2 Å². The predicted molar refractivity (Wildman–Crippen MR) is 82.7 cm³/mol. The van der Waals surface area contributed by atoms with E-state index in [1.165, 1.54) is 12.0 Å². The third kappa shape index (κ3) is 5.23. The summed E-state index contributed by atoms with van der Waals surface area (Å²) in [6.45, 7) is 12.9. The average molecular weight is 263 g/mol. The molecule has 0 spiro atoms. The Kier molecular flexibility index (Phi) is 6.36. The summed E-state index contributed by atoms with van der Waals surface area (Å²) in [6, 6.07) is 8.91. The third-order valence-corrected chi connectivity index (χ3v) is 3.25. The number of unbranched alkanes of at least 4 members (excludes halogenated alkanes) is 1. The summed E-state index contributed by atoms with van der Waals surface area (Å²) in [6.07, 6.45) is 2.29. The molecule has 0 saturated carbocycles. The van der Waals surface area contributed by atoms with E-state index in [0.29, 0.717) is 6.04 Å². The van der Waals surface area contributed by atoms with Crippen molar-refractivity contribution >= 4 is 0 Å². The Hall–Kier alpha value is -1.02. The van der Waals surface area contributed by atoms with Crippen LogP contribution < -0.4 is 10.1 Å². The first-order chi connectivity index (χ1) is 8.99. The highest BCUT2D eigenvalue weighted by atomic mass is 16.5. The fourth-order valence-corrected chi connectivity index (χ4v) is 2.22. The normalized spacial score (nSPS) is 13.3. The Morgan fingerprint density at radius 3 is 2.21 bits per heavy atom. The third-order valence-electron chi connectivity index (χ3n) is 3.25. The van der Waals surface area contributed by atoms with Crippen molar-refractivity contribution in [2.75, 3.05) is 13.2 Å². The van der Waals surface area contributed by atoms with E-state index in [9.17, 15) is 0 Å². The Morgan fingerprint density at radius 2 is 1.74 bits per heavy atom. The van der Waals surface area contributed by atoms with Gasteiger partial charge in [-0.3, -0.25) is 0 Å². The molecule has 0 heterocycles. The summed E-state index contributed by atoms with van der Waals surface area (Å²) in [4.78, 5) is 0. The van der Waals surface area contributed by atoms with Crippen molar-refractivity contribution in [2.45, 2.75) is 53.5 Å². The minimum atomic E-state index is 0.209. The maximum atomic E-state index is 5.71. The number of nitrogens with one attached hydrogen (secondary N) is 1. The molecule has 0 radical (unpaired) electrons. The molecule has 0 aromatic heterocycles. The van der Waals surface area contributed by atoms with Crippen LogP contribution in [0.15, 0.2) is 24.3 Å². The van der Waals surface area contributed by atoms with Crippen LogP contribution in [0.5, 0.6) is 5.75 Å². The van der Waals surface area contributed by atoms with Gasteiger partial charge in [0.2, 0.25) is 0 Å². The standard InChI is InChI=1S/C17H29NO/c1-6-8-13-19-15-11-9-14(10-12-15)16(18-7-2)17(3,4)5/h9-12,16,18H,6-8,13H2,1-5H3. The Bertz CT molecular complexity index is 351. The molecule has 2 nitrogen and oxygen atoms in total. The van der Waals surface area contributed by atoms with Gasteiger partial charge in [-0.25, -0.2) is 0 Å². The molecule has 0 bridgehead atoms. The molecule has 1 unspecified atom stereocenters. The smallest absolute Gasteiger partial charge is 0.119 e. The van der Waals surface area contributed by atoms with Crippen molar-refractivity contribution in [2.24, 2.45) is 5.41 Å². The lowest BCUT2D eigenvalue weighted by molar-refractivity contribution is 0.276. The Balaban J connectivity index is 2.72. The van der Waals surface area contributed by atoms with Gasteiger partial charge in [0.25, 0.3) is 0 Å². The Labute approximate surface area is 118 Å². The summed E-state index contributed by atoms with van der Waals surface area (Å²) in [5.74, 6) is 0.973. The van der Waals surface area contributed by atoms with Gasteiger partial charge in [-0.15, -0.1) is 0 Å². The van der Waals surface area contributed by atoms with Crippen LogP contribution >= 0.6 is 0 Å². The van der Waals surface area contributed by atoms with Crippen LogP contribution in [0.1, 0.15) is 59.1 Å². The van der Waals surface area contributed by atoms with Gasteiger partial charge in [-0.2, -0.15) is 0 Å². The van der Waals surface area contributed by atoms with Crippen molar-refractivity contribution in [3.05, 3.63) is 29.8 Å². The van der Waals surface area contributed by atoms with E-state index < -0.39 is 0 Å². The topological polar surface area (TPSA) is 21.3 Å². The number of benzene rings is 1. The molecule has 108 valence electrons. The SMILES string of the molecule is CCCCOc1ccc(C(NCC)C(C)(C)C)cc1. The second-order valence-corrected chi connectivity index (χ2v) is 6.13. The van der Waals surface area contributed by atoms with Crippen molar-refractivity contribution < 1.29 is 4.74 Å². The summed E-state index contributed by atoms with van der Waals surface area (Å²) in [7, 11) is 0. The van der Waals surface area contributed by atoms with Crippen molar-refractivity contribution in [3.8, 4) is 5.75 Å². The van der Waals surface area contributed by atoms with Crippen LogP contribution in [-0.2, 0) is 0 Å². The lowest BCUT2D eigenvalue weighted by Crippen LogP contribution is -2.32. The minimum Gasteiger partial charge on any atom is -0.494 e. The molecule has 1 N–H and O–H groups in total.